The normalized spacial score (nSPS) is 17.5. The van der Waals surface area contributed by atoms with E-state index in [0.717, 1.165) is 64.6 Å². The summed E-state index contributed by atoms with van der Waals surface area (Å²) in [5, 5.41) is 14.1. The van der Waals surface area contributed by atoms with Gasteiger partial charge >= 0.3 is 0 Å². The minimum absolute atomic E-state index is 0.00980. The number of allylic oxidation sites excluding steroid dienone is 5. The number of nitrogens with one attached hydrogen (secondary N) is 1. The topological polar surface area (TPSA) is 35.0 Å². The Labute approximate surface area is 407 Å². The summed E-state index contributed by atoms with van der Waals surface area (Å²) in [6.07, 6.45) is 13.3. The quantitative estimate of drug-likeness (QED) is 0.173. The maximum absolute atomic E-state index is 6.91. The molecular formula is C66H51N3O. The third-order valence-electron chi connectivity index (χ3n) is 15.6. The number of aromatic nitrogens is 2. The number of benzene rings is 9. The summed E-state index contributed by atoms with van der Waals surface area (Å²) in [5.41, 5.74) is 16.5. The van der Waals surface area contributed by atoms with Crippen LogP contribution >= 0.6 is 0 Å². The summed E-state index contributed by atoms with van der Waals surface area (Å²) in [6, 6.07) is 72.0. The first-order chi connectivity index (χ1) is 34.7. The number of rotatable bonds is 7. The molecule has 4 heterocycles. The standard InChI is InChI=1S/C66H51N3O/c1-2-50-51(46-32-33-54-52-26-11-14-29-59(52)68(61(54)39-46)48-24-7-4-8-25-48)34-35-58(67-66(50)47-23-17-22-43(36-47)42-18-5-3-6-19-42)57-40-49(41-64-65(57)55-28-13-16-31-63(55)70-64)69-60-30-15-12-27-53(60)56-37-44-20-9-10-21-45(44)38-62(56)69/h3-5,7-18,20-33,35-41,50-51,66-67H,2,6,19,34H2,1H3. The predicted molar refractivity (Wildman–Crippen MR) is 294 cm³/mol. The summed E-state index contributed by atoms with van der Waals surface area (Å²) in [4.78, 5) is 0. The van der Waals surface area contributed by atoms with E-state index in [-0.39, 0.29) is 17.9 Å². The SMILES string of the molecule is CCC1C(c2ccc3c4ccccc4n(-c4ccccc4)c3c2)CC=C(c2cc(-n3c4ccccc4c4cc5ccccc5cc43)cc3oc4ccccc4c23)NC1c1cccc(C2=CC=CCC2)c1. The second kappa shape index (κ2) is 16.4. The average Bonchev–Trinajstić information content (AvgIpc) is 4.02. The van der Waals surface area contributed by atoms with Gasteiger partial charge in [-0.05, 0) is 125 Å². The Kier molecular flexibility index (Phi) is 9.55. The average molecular weight is 902 g/mol. The highest BCUT2D eigenvalue weighted by Gasteiger charge is 2.35. The molecule has 0 spiro atoms. The van der Waals surface area contributed by atoms with Gasteiger partial charge in [-0.2, -0.15) is 0 Å². The van der Waals surface area contributed by atoms with E-state index in [1.807, 2.05) is 0 Å². The Morgan fingerprint density at radius 1 is 0.543 bits per heavy atom. The summed E-state index contributed by atoms with van der Waals surface area (Å²) in [6.45, 7) is 2.39. The summed E-state index contributed by atoms with van der Waals surface area (Å²) in [7, 11) is 0. The van der Waals surface area contributed by atoms with E-state index >= 15 is 0 Å². The molecule has 1 aliphatic carbocycles. The van der Waals surface area contributed by atoms with Crippen molar-refractivity contribution in [3.63, 3.8) is 0 Å². The molecule has 0 fully saturated rings. The summed E-state index contributed by atoms with van der Waals surface area (Å²) in [5.74, 6) is 0.485. The van der Waals surface area contributed by atoms with Crippen molar-refractivity contribution in [2.45, 2.75) is 44.6 Å². The Bertz CT molecular complexity index is 4140. The second-order valence-corrected chi connectivity index (χ2v) is 19.4. The molecule has 3 unspecified atom stereocenters. The molecule has 1 N–H and O–H groups in total. The number of hydrogen-bond donors (Lipinski definition) is 1. The minimum atomic E-state index is 0.00980. The zero-order valence-electron chi connectivity index (χ0n) is 39.1. The highest BCUT2D eigenvalue weighted by Crippen LogP contribution is 2.47. The van der Waals surface area contributed by atoms with Crippen molar-refractivity contribution < 1.29 is 4.42 Å². The van der Waals surface area contributed by atoms with Gasteiger partial charge in [0.15, 0.2) is 0 Å². The lowest BCUT2D eigenvalue weighted by atomic mass is 9.76. The van der Waals surface area contributed by atoms with Gasteiger partial charge in [-0.25, -0.2) is 0 Å². The van der Waals surface area contributed by atoms with Crippen LogP contribution < -0.4 is 5.32 Å². The Hall–Kier alpha value is -8.34. The molecule has 0 radical (unpaired) electrons. The number of fused-ring (bicyclic) bond motifs is 10. The van der Waals surface area contributed by atoms with Gasteiger partial charge in [0, 0.05) is 55.3 Å². The monoisotopic (exact) mass is 901 g/mol. The van der Waals surface area contributed by atoms with Crippen molar-refractivity contribution in [3.05, 3.63) is 241 Å². The van der Waals surface area contributed by atoms with Crippen LogP contribution in [-0.2, 0) is 0 Å². The van der Waals surface area contributed by atoms with E-state index in [9.17, 15) is 0 Å². The molecule has 336 valence electrons. The maximum Gasteiger partial charge on any atom is 0.138 e. The van der Waals surface area contributed by atoms with Gasteiger partial charge in [0.2, 0.25) is 0 Å². The molecule has 2 aliphatic rings. The molecule has 0 bridgehead atoms. The van der Waals surface area contributed by atoms with Gasteiger partial charge in [-0.15, -0.1) is 0 Å². The van der Waals surface area contributed by atoms with E-state index in [2.05, 4.69) is 240 Å². The molecule has 9 aromatic carbocycles. The van der Waals surface area contributed by atoms with Gasteiger partial charge in [-0.1, -0.05) is 165 Å². The van der Waals surface area contributed by atoms with Crippen LogP contribution in [0.3, 0.4) is 0 Å². The molecule has 14 rings (SSSR count). The van der Waals surface area contributed by atoms with E-state index in [1.54, 1.807) is 0 Å². The zero-order chi connectivity index (χ0) is 46.3. The fourth-order valence-electron chi connectivity index (χ4n) is 12.4. The minimum Gasteiger partial charge on any atom is -0.456 e. The molecule has 12 aromatic rings. The molecule has 0 saturated carbocycles. The van der Waals surface area contributed by atoms with Crippen LogP contribution in [0.5, 0.6) is 0 Å². The van der Waals surface area contributed by atoms with Crippen molar-refractivity contribution in [3.8, 4) is 11.4 Å². The van der Waals surface area contributed by atoms with Crippen molar-refractivity contribution >= 4 is 87.6 Å². The Morgan fingerprint density at radius 2 is 1.24 bits per heavy atom. The molecule has 1 aliphatic heterocycles. The fourth-order valence-corrected chi connectivity index (χ4v) is 12.4. The molecule has 70 heavy (non-hydrogen) atoms. The number of hydrogen-bond acceptors (Lipinski definition) is 2. The lowest BCUT2D eigenvalue weighted by Gasteiger charge is -2.33. The van der Waals surface area contributed by atoms with E-state index < -0.39 is 0 Å². The van der Waals surface area contributed by atoms with Crippen molar-refractivity contribution in [2.75, 3.05) is 0 Å². The smallest absolute Gasteiger partial charge is 0.138 e. The van der Waals surface area contributed by atoms with Crippen molar-refractivity contribution in [1.29, 1.82) is 0 Å². The first-order valence-electron chi connectivity index (χ1n) is 25.1. The van der Waals surface area contributed by atoms with Crippen LogP contribution in [0, 0.1) is 5.92 Å². The van der Waals surface area contributed by atoms with Gasteiger partial charge in [0.25, 0.3) is 0 Å². The second-order valence-electron chi connectivity index (χ2n) is 19.4. The summed E-state index contributed by atoms with van der Waals surface area (Å²) < 4.78 is 11.8. The first-order valence-corrected chi connectivity index (χ1v) is 25.1. The lowest BCUT2D eigenvalue weighted by molar-refractivity contribution is 0.328. The third-order valence-corrected chi connectivity index (χ3v) is 15.6. The fraction of sp³-hybridized carbons (Fsp3) is 0.121. The highest BCUT2D eigenvalue weighted by molar-refractivity contribution is 6.15. The van der Waals surface area contributed by atoms with Gasteiger partial charge in [0.05, 0.1) is 33.8 Å². The number of furan rings is 1. The third kappa shape index (κ3) is 6.50. The van der Waals surface area contributed by atoms with Gasteiger partial charge in [0.1, 0.15) is 11.2 Å². The van der Waals surface area contributed by atoms with Crippen LogP contribution in [0.2, 0.25) is 0 Å². The first kappa shape index (κ1) is 40.7. The number of nitrogens with zero attached hydrogens (tertiary/aromatic N) is 2. The Balaban J connectivity index is 1.00. The van der Waals surface area contributed by atoms with E-state index in [0.29, 0.717) is 0 Å². The summed E-state index contributed by atoms with van der Waals surface area (Å²) >= 11 is 0. The molecule has 3 atom stereocenters. The van der Waals surface area contributed by atoms with Crippen LogP contribution in [0.4, 0.5) is 0 Å². The predicted octanol–water partition coefficient (Wildman–Crippen LogP) is 17.6. The van der Waals surface area contributed by atoms with Crippen LogP contribution in [0.25, 0.3) is 99.0 Å². The van der Waals surface area contributed by atoms with Crippen molar-refractivity contribution in [1.82, 2.24) is 14.5 Å². The molecule has 4 heteroatoms. The lowest BCUT2D eigenvalue weighted by Crippen LogP contribution is -2.29. The van der Waals surface area contributed by atoms with Crippen LogP contribution in [-0.4, -0.2) is 9.13 Å². The van der Waals surface area contributed by atoms with Crippen molar-refractivity contribution in [2.24, 2.45) is 5.92 Å². The van der Waals surface area contributed by atoms with E-state index in [1.165, 1.54) is 82.3 Å². The number of para-hydroxylation sites is 4. The molecular weight excluding hydrogens is 851 g/mol. The molecule has 4 nitrogen and oxygen atoms in total. The molecule has 0 amide bonds. The van der Waals surface area contributed by atoms with Gasteiger partial charge < -0.3 is 18.9 Å². The maximum atomic E-state index is 6.91. The van der Waals surface area contributed by atoms with Crippen LogP contribution in [0.15, 0.2) is 223 Å². The molecule has 0 saturated heterocycles. The highest BCUT2D eigenvalue weighted by atomic mass is 16.3. The van der Waals surface area contributed by atoms with Gasteiger partial charge in [-0.3, -0.25) is 0 Å². The Morgan fingerprint density at radius 3 is 2.04 bits per heavy atom. The van der Waals surface area contributed by atoms with E-state index in [4.69, 9.17) is 4.42 Å². The zero-order valence-corrected chi connectivity index (χ0v) is 39.1. The molecule has 3 aromatic heterocycles. The largest absolute Gasteiger partial charge is 0.456 e. The van der Waals surface area contributed by atoms with Crippen LogP contribution in [0.1, 0.15) is 66.8 Å².